The summed E-state index contributed by atoms with van der Waals surface area (Å²) in [6.45, 7) is 6.06. The highest BCUT2D eigenvalue weighted by molar-refractivity contribution is 5.85. The molecule has 1 saturated carbocycles. The maximum Gasteiger partial charge on any atom is 0.253 e. The van der Waals surface area contributed by atoms with Crippen molar-refractivity contribution in [1.29, 1.82) is 0 Å². The smallest absolute Gasteiger partial charge is 0.253 e. The Morgan fingerprint density at radius 3 is 2.55 bits per heavy atom. The summed E-state index contributed by atoms with van der Waals surface area (Å²) in [5, 5.41) is 13.9. The third-order valence-corrected chi connectivity index (χ3v) is 6.71. The van der Waals surface area contributed by atoms with Crippen LogP contribution in [-0.4, -0.2) is 43.2 Å². The monoisotopic (exact) mass is 392 g/mol. The minimum absolute atomic E-state index is 0.0379. The lowest BCUT2D eigenvalue weighted by Crippen LogP contribution is -2.34. The third kappa shape index (κ3) is 3.17. The minimum atomic E-state index is -0.207. The van der Waals surface area contributed by atoms with Gasteiger partial charge in [0, 0.05) is 10.9 Å². The predicted molar refractivity (Wildman–Crippen MR) is 112 cm³/mol. The maximum atomic E-state index is 13.3. The number of likely N-dealkylation sites (tertiary alicyclic amines) is 1. The molecule has 0 radical (unpaired) electrons. The van der Waals surface area contributed by atoms with E-state index in [-0.39, 0.29) is 11.6 Å². The average Bonchev–Trinajstić information content (AvgIpc) is 3.47. The SMILES string of the molecule is Cc1ccc(C)c2[nH]c(=O)c([C@@H](c3nnnn3C3CCCC3)N3CCCC3)cc12. The van der Waals surface area contributed by atoms with Crippen molar-refractivity contribution >= 4 is 10.9 Å². The summed E-state index contributed by atoms with van der Waals surface area (Å²) in [6.07, 6.45) is 6.94. The molecular formula is C22H28N6O. The molecule has 29 heavy (non-hydrogen) atoms. The van der Waals surface area contributed by atoms with Gasteiger partial charge in [-0.25, -0.2) is 4.68 Å². The molecule has 0 spiro atoms. The summed E-state index contributed by atoms with van der Waals surface area (Å²) in [5.74, 6) is 0.814. The number of fused-ring (bicyclic) bond motifs is 1. The molecule has 1 aromatic carbocycles. The minimum Gasteiger partial charge on any atom is -0.321 e. The number of pyridine rings is 1. The normalized spacial score (nSPS) is 19.4. The second kappa shape index (κ2) is 7.37. The number of H-pyrrole nitrogens is 1. The van der Waals surface area contributed by atoms with Crippen molar-refractivity contribution in [3.05, 3.63) is 51.1 Å². The van der Waals surface area contributed by atoms with Gasteiger partial charge in [0.15, 0.2) is 5.82 Å². The van der Waals surface area contributed by atoms with Crippen molar-refractivity contribution in [3.8, 4) is 0 Å². The molecule has 1 saturated heterocycles. The second-order valence-corrected chi connectivity index (χ2v) is 8.61. The first kappa shape index (κ1) is 18.5. The molecule has 3 aromatic rings. The van der Waals surface area contributed by atoms with E-state index in [0.717, 1.165) is 66.6 Å². The maximum absolute atomic E-state index is 13.3. The lowest BCUT2D eigenvalue weighted by Gasteiger charge is -2.27. The number of tetrazole rings is 1. The highest BCUT2D eigenvalue weighted by atomic mass is 16.1. The number of aromatic amines is 1. The summed E-state index contributed by atoms with van der Waals surface area (Å²) in [4.78, 5) is 18.8. The largest absolute Gasteiger partial charge is 0.321 e. The number of hydrogen-bond acceptors (Lipinski definition) is 5. The van der Waals surface area contributed by atoms with E-state index in [4.69, 9.17) is 0 Å². The van der Waals surface area contributed by atoms with Crippen LogP contribution >= 0.6 is 0 Å². The Morgan fingerprint density at radius 2 is 1.79 bits per heavy atom. The van der Waals surface area contributed by atoms with Crippen LogP contribution in [0, 0.1) is 13.8 Å². The van der Waals surface area contributed by atoms with E-state index in [1.807, 2.05) is 11.6 Å². The molecule has 152 valence electrons. The molecule has 1 N–H and O–H groups in total. The van der Waals surface area contributed by atoms with Crippen LogP contribution < -0.4 is 5.56 Å². The van der Waals surface area contributed by atoms with Crippen LogP contribution in [0.15, 0.2) is 23.0 Å². The van der Waals surface area contributed by atoms with Crippen LogP contribution in [0.1, 0.15) is 73.1 Å². The van der Waals surface area contributed by atoms with Crippen molar-refractivity contribution in [2.75, 3.05) is 13.1 Å². The Morgan fingerprint density at radius 1 is 1.07 bits per heavy atom. The van der Waals surface area contributed by atoms with Crippen molar-refractivity contribution in [2.45, 2.75) is 64.5 Å². The number of benzene rings is 1. The number of hydrogen-bond donors (Lipinski definition) is 1. The molecule has 0 unspecified atom stereocenters. The van der Waals surface area contributed by atoms with E-state index < -0.39 is 0 Å². The molecule has 5 rings (SSSR count). The molecule has 1 atom stereocenters. The van der Waals surface area contributed by atoms with Crippen molar-refractivity contribution in [2.24, 2.45) is 0 Å². The van der Waals surface area contributed by atoms with Gasteiger partial charge in [-0.15, -0.1) is 5.10 Å². The molecule has 7 nitrogen and oxygen atoms in total. The van der Waals surface area contributed by atoms with E-state index in [1.165, 1.54) is 18.4 Å². The Balaban J connectivity index is 1.69. The molecule has 2 aliphatic rings. The zero-order valence-corrected chi connectivity index (χ0v) is 17.2. The third-order valence-electron chi connectivity index (χ3n) is 6.71. The van der Waals surface area contributed by atoms with Crippen LogP contribution in [0.5, 0.6) is 0 Å². The van der Waals surface area contributed by atoms with E-state index >= 15 is 0 Å². The van der Waals surface area contributed by atoms with Crippen LogP contribution in [0.25, 0.3) is 10.9 Å². The molecule has 7 heteroatoms. The van der Waals surface area contributed by atoms with Gasteiger partial charge in [0.05, 0.1) is 11.6 Å². The van der Waals surface area contributed by atoms with Crippen molar-refractivity contribution in [1.82, 2.24) is 30.1 Å². The second-order valence-electron chi connectivity index (χ2n) is 8.61. The van der Waals surface area contributed by atoms with E-state index in [0.29, 0.717) is 6.04 Å². The average molecular weight is 393 g/mol. The molecule has 0 bridgehead atoms. The zero-order chi connectivity index (χ0) is 20.0. The first-order valence-corrected chi connectivity index (χ1v) is 10.8. The summed E-state index contributed by atoms with van der Waals surface area (Å²) in [7, 11) is 0. The van der Waals surface area contributed by atoms with Gasteiger partial charge in [0.1, 0.15) is 6.04 Å². The molecule has 2 fully saturated rings. The summed E-state index contributed by atoms with van der Waals surface area (Å²) < 4.78 is 2.00. The van der Waals surface area contributed by atoms with E-state index in [2.05, 4.69) is 50.5 Å². The van der Waals surface area contributed by atoms with Gasteiger partial charge in [-0.05, 0) is 80.2 Å². The quantitative estimate of drug-likeness (QED) is 0.736. The van der Waals surface area contributed by atoms with Gasteiger partial charge in [0.2, 0.25) is 0 Å². The Labute approximate surface area is 170 Å². The first-order chi connectivity index (χ1) is 14.1. The number of aromatic nitrogens is 5. The lowest BCUT2D eigenvalue weighted by molar-refractivity contribution is 0.256. The standard InChI is InChI=1S/C22H28N6O/c1-14-9-10-15(2)19-17(14)13-18(22(29)23-19)20(27-11-5-6-12-27)21-24-25-26-28(21)16-7-3-4-8-16/h9-10,13,16,20H,3-8,11-12H2,1-2H3,(H,23,29)/t20-/m0/s1. The van der Waals surface area contributed by atoms with Gasteiger partial charge in [-0.2, -0.15) is 0 Å². The van der Waals surface area contributed by atoms with Gasteiger partial charge >= 0.3 is 0 Å². The van der Waals surface area contributed by atoms with E-state index in [1.54, 1.807) is 0 Å². The van der Waals surface area contributed by atoms with Crippen LogP contribution in [0.4, 0.5) is 0 Å². The van der Waals surface area contributed by atoms with Gasteiger partial charge in [-0.1, -0.05) is 25.0 Å². The van der Waals surface area contributed by atoms with Crippen LogP contribution in [0.3, 0.4) is 0 Å². The number of rotatable bonds is 4. The van der Waals surface area contributed by atoms with Gasteiger partial charge < -0.3 is 4.98 Å². The summed E-state index contributed by atoms with van der Waals surface area (Å²) >= 11 is 0. The Hall–Kier alpha value is -2.54. The summed E-state index contributed by atoms with van der Waals surface area (Å²) in [6, 6.07) is 6.39. The fourth-order valence-corrected chi connectivity index (χ4v) is 5.08. The first-order valence-electron chi connectivity index (χ1n) is 10.8. The molecule has 1 aliphatic carbocycles. The number of aryl methyl sites for hydroxylation is 2. The summed E-state index contributed by atoms with van der Waals surface area (Å²) in [5.41, 5.74) is 3.89. The molecular weight excluding hydrogens is 364 g/mol. The molecule has 0 amide bonds. The van der Waals surface area contributed by atoms with Crippen LogP contribution in [0.2, 0.25) is 0 Å². The van der Waals surface area contributed by atoms with Crippen molar-refractivity contribution < 1.29 is 0 Å². The van der Waals surface area contributed by atoms with E-state index in [9.17, 15) is 4.79 Å². The predicted octanol–water partition coefficient (Wildman–Crippen LogP) is 3.43. The Kier molecular flexibility index (Phi) is 4.70. The zero-order valence-electron chi connectivity index (χ0n) is 17.2. The van der Waals surface area contributed by atoms with Gasteiger partial charge in [-0.3, -0.25) is 9.69 Å². The van der Waals surface area contributed by atoms with Crippen molar-refractivity contribution in [3.63, 3.8) is 0 Å². The lowest BCUT2D eigenvalue weighted by atomic mass is 9.99. The van der Waals surface area contributed by atoms with Gasteiger partial charge in [0.25, 0.3) is 5.56 Å². The molecule has 3 heterocycles. The fourth-order valence-electron chi connectivity index (χ4n) is 5.08. The fraction of sp³-hybridized carbons (Fsp3) is 0.545. The highest BCUT2D eigenvalue weighted by Gasteiger charge is 2.34. The van der Waals surface area contributed by atoms with Crippen LogP contribution in [-0.2, 0) is 0 Å². The topological polar surface area (TPSA) is 79.7 Å². The molecule has 2 aromatic heterocycles. The molecule has 1 aliphatic heterocycles. The Bertz CT molecular complexity index is 1090. The number of nitrogens with zero attached hydrogens (tertiary/aromatic N) is 5. The highest BCUT2D eigenvalue weighted by Crippen LogP contribution is 2.35. The number of nitrogens with one attached hydrogen (secondary N) is 1.